The van der Waals surface area contributed by atoms with Gasteiger partial charge in [-0.15, -0.1) is 11.8 Å². The van der Waals surface area contributed by atoms with Crippen LogP contribution in [0.4, 0.5) is 0 Å². The van der Waals surface area contributed by atoms with Gasteiger partial charge in [-0.3, -0.25) is 9.69 Å². The molecule has 0 radical (unpaired) electrons. The predicted octanol–water partition coefficient (Wildman–Crippen LogP) is 1.22. The molecule has 4 N–H and O–H groups in total. The molecular formula is C20H31N3O4S. The number of carbonyl (C=O) groups is 2. The van der Waals surface area contributed by atoms with Gasteiger partial charge in [0.15, 0.2) is 0 Å². The van der Waals surface area contributed by atoms with E-state index < -0.39 is 18.0 Å². The quantitative estimate of drug-likeness (QED) is 0.586. The Morgan fingerprint density at radius 2 is 1.93 bits per heavy atom. The standard InChI is InChI=1S/C20H31N3O4S/c1-10-16-15(11(2)24)19(25)23(16)17(20(26)27)18(10)28-14-7-8-22(9-14)13-5-3-12(21)4-6-13/h10-16,24H,3-9,21H2,1-2H3,(H,26,27)/t10-,11-,12-,13-,14-,15-,16-/m1/s1. The maximum Gasteiger partial charge on any atom is 0.353 e. The number of amides is 1. The van der Waals surface area contributed by atoms with Crippen molar-refractivity contribution in [2.75, 3.05) is 13.1 Å². The summed E-state index contributed by atoms with van der Waals surface area (Å²) in [6.07, 6.45) is 4.76. The molecule has 0 bridgehead atoms. The summed E-state index contributed by atoms with van der Waals surface area (Å²) in [5, 5.41) is 20.1. The smallest absolute Gasteiger partial charge is 0.353 e. The van der Waals surface area contributed by atoms with Gasteiger partial charge in [0, 0.05) is 34.7 Å². The number of rotatable bonds is 5. The van der Waals surface area contributed by atoms with Gasteiger partial charge in [-0.1, -0.05) is 6.92 Å². The van der Waals surface area contributed by atoms with Crippen molar-refractivity contribution in [3.63, 3.8) is 0 Å². The highest BCUT2D eigenvalue weighted by atomic mass is 32.2. The van der Waals surface area contributed by atoms with Gasteiger partial charge in [0.1, 0.15) is 5.70 Å². The lowest BCUT2D eigenvalue weighted by Crippen LogP contribution is -2.63. The Morgan fingerprint density at radius 3 is 2.54 bits per heavy atom. The average molecular weight is 410 g/mol. The van der Waals surface area contributed by atoms with E-state index in [0.29, 0.717) is 17.3 Å². The molecule has 7 nitrogen and oxygen atoms in total. The monoisotopic (exact) mass is 409 g/mol. The van der Waals surface area contributed by atoms with Crippen LogP contribution >= 0.6 is 11.8 Å². The number of aliphatic hydroxyl groups excluding tert-OH is 1. The van der Waals surface area contributed by atoms with Crippen molar-refractivity contribution in [2.45, 2.75) is 75.4 Å². The van der Waals surface area contributed by atoms with E-state index in [4.69, 9.17) is 5.73 Å². The first-order valence-electron chi connectivity index (χ1n) is 10.4. The molecule has 3 aliphatic heterocycles. The van der Waals surface area contributed by atoms with Crippen LogP contribution in [0.1, 0.15) is 46.0 Å². The molecule has 3 heterocycles. The van der Waals surface area contributed by atoms with Crippen LogP contribution in [-0.2, 0) is 9.59 Å². The van der Waals surface area contributed by atoms with E-state index in [9.17, 15) is 19.8 Å². The molecule has 0 unspecified atom stereocenters. The molecule has 28 heavy (non-hydrogen) atoms. The van der Waals surface area contributed by atoms with E-state index in [1.165, 1.54) is 4.90 Å². The summed E-state index contributed by atoms with van der Waals surface area (Å²) in [7, 11) is 0. The molecule has 0 aromatic carbocycles. The van der Waals surface area contributed by atoms with Crippen LogP contribution in [-0.4, -0.2) is 74.5 Å². The second-order valence-corrected chi connectivity index (χ2v) is 10.2. The van der Waals surface area contributed by atoms with Gasteiger partial charge in [-0.25, -0.2) is 4.79 Å². The summed E-state index contributed by atoms with van der Waals surface area (Å²) in [4.78, 5) is 29.2. The van der Waals surface area contributed by atoms with Crippen molar-refractivity contribution < 1.29 is 19.8 Å². The minimum atomic E-state index is -1.04. The fourth-order valence-electron chi connectivity index (χ4n) is 5.51. The van der Waals surface area contributed by atoms with E-state index >= 15 is 0 Å². The number of β-lactam (4-membered cyclic amide) rings is 1. The molecule has 3 fully saturated rings. The zero-order valence-corrected chi connectivity index (χ0v) is 17.4. The molecule has 0 aromatic rings. The molecule has 0 aromatic heterocycles. The van der Waals surface area contributed by atoms with Gasteiger partial charge in [-0.2, -0.15) is 0 Å². The van der Waals surface area contributed by atoms with Gasteiger partial charge in [0.2, 0.25) is 5.91 Å². The zero-order valence-electron chi connectivity index (χ0n) is 16.6. The summed E-state index contributed by atoms with van der Waals surface area (Å²) in [5.41, 5.74) is 6.18. The first kappa shape index (κ1) is 20.2. The fraction of sp³-hybridized carbons (Fsp3) is 0.800. The van der Waals surface area contributed by atoms with Crippen LogP contribution in [0.2, 0.25) is 0 Å². The third-order valence-corrected chi connectivity index (χ3v) is 8.58. The van der Waals surface area contributed by atoms with Gasteiger partial charge < -0.3 is 20.8 Å². The van der Waals surface area contributed by atoms with E-state index in [1.54, 1.807) is 18.7 Å². The first-order chi connectivity index (χ1) is 13.3. The van der Waals surface area contributed by atoms with E-state index in [2.05, 4.69) is 4.90 Å². The number of carboxylic acids is 1. The van der Waals surface area contributed by atoms with Gasteiger partial charge >= 0.3 is 5.97 Å². The Morgan fingerprint density at radius 1 is 1.25 bits per heavy atom. The first-order valence-corrected chi connectivity index (χ1v) is 11.3. The van der Waals surface area contributed by atoms with E-state index in [1.807, 2.05) is 6.92 Å². The Labute approximate surface area is 170 Å². The summed E-state index contributed by atoms with van der Waals surface area (Å²) in [6, 6.07) is 0.717. The van der Waals surface area contributed by atoms with Crippen molar-refractivity contribution in [2.24, 2.45) is 17.6 Å². The Balaban J connectivity index is 1.45. The number of hydrogen-bond donors (Lipinski definition) is 3. The summed E-state index contributed by atoms with van der Waals surface area (Å²) in [6.45, 7) is 5.62. The molecule has 156 valence electrons. The van der Waals surface area contributed by atoms with Crippen molar-refractivity contribution >= 4 is 23.6 Å². The normalized spacial score (nSPS) is 39.9. The van der Waals surface area contributed by atoms with Crippen molar-refractivity contribution in [1.82, 2.24) is 9.80 Å². The number of likely N-dealkylation sites (tertiary alicyclic amines) is 1. The predicted molar refractivity (Wildman–Crippen MR) is 107 cm³/mol. The summed E-state index contributed by atoms with van der Waals surface area (Å²) >= 11 is 1.65. The van der Waals surface area contributed by atoms with Gasteiger partial charge in [-0.05, 0) is 45.6 Å². The number of nitrogens with two attached hydrogens (primary N) is 1. The number of carbonyl (C=O) groups excluding carboxylic acids is 1. The lowest BCUT2D eigenvalue weighted by Gasteiger charge is -2.46. The average Bonchev–Trinajstić information content (AvgIpc) is 3.18. The van der Waals surface area contributed by atoms with Crippen molar-refractivity contribution in [3.8, 4) is 0 Å². The van der Waals surface area contributed by atoms with Gasteiger partial charge in [0.05, 0.1) is 18.1 Å². The number of thioether (sulfide) groups is 1. The number of hydrogen-bond acceptors (Lipinski definition) is 6. The van der Waals surface area contributed by atoms with Gasteiger partial charge in [0.25, 0.3) is 0 Å². The second-order valence-electron chi connectivity index (χ2n) is 8.86. The summed E-state index contributed by atoms with van der Waals surface area (Å²) in [5.74, 6) is -1.83. The van der Waals surface area contributed by atoms with Crippen molar-refractivity contribution in [1.29, 1.82) is 0 Å². The maximum atomic E-state index is 12.5. The zero-order chi connectivity index (χ0) is 20.2. The molecule has 1 saturated carbocycles. The largest absolute Gasteiger partial charge is 0.477 e. The SMILES string of the molecule is C[C@@H](O)[C@H]1C(=O)N2C(C(=O)O)=C(S[C@@H]3CCN([C@H]4CC[C@H](N)CC4)C3)[C@H](C)[C@H]12. The highest BCUT2D eigenvalue weighted by Crippen LogP contribution is 2.52. The minimum Gasteiger partial charge on any atom is -0.477 e. The maximum absolute atomic E-state index is 12.5. The van der Waals surface area contributed by atoms with Crippen LogP contribution in [0.25, 0.3) is 0 Å². The minimum absolute atomic E-state index is 0.0462. The third kappa shape index (κ3) is 3.28. The molecule has 8 heteroatoms. The molecule has 2 saturated heterocycles. The Kier molecular flexibility index (Phi) is 5.50. The number of nitrogens with zero attached hydrogens (tertiary/aromatic N) is 2. The number of aliphatic carboxylic acids is 1. The molecule has 1 aliphatic carbocycles. The van der Waals surface area contributed by atoms with Crippen LogP contribution in [0.3, 0.4) is 0 Å². The second kappa shape index (κ2) is 7.63. The fourth-order valence-corrected chi connectivity index (χ4v) is 7.01. The lowest BCUT2D eigenvalue weighted by molar-refractivity contribution is -0.163. The molecule has 5 atom stereocenters. The van der Waals surface area contributed by atoms with E-state index in [-0.39, 0.29) is 23.6 Å². The molecule has 1 amide bonds. The molecule has 4 aliphatic rings. The van der Waals surface area contributed by atoms with Crippen LogP contribution < -0.4 is 5.73 Å². The third-order valence-electron chi connectivity index (χ3n) is 7.04. The topological polar surface area (TPSA) is 107 Å². The molecule has 4 rings (SSSR count). The number of carboxylic acid groups (broad SMARTS) is 1. The molecule has 0 spiro atoms. The van der Waals surface area contributed by atoms with Crippen LogP contribution in [0, 0.1) is 11.8 Å². The molecular weight excluding hydrogens is 378 g/mol. The van der Waals surface area contributed by atoms with E-state index in [0.717, 1.165) is 50.1 Å². The van der Waals surface area contributed by atoms with Crippen molar-refractivity contribution in [3.05, 3.63) is 10.6 Å². The Bertz CT molecular complexity index is 689. The number of fused-ring (bicyclic) bond motifs is 1. The van der Waals surface area contributed by atoms with Crippen LogP contribution in [0.5, 0.6) is 0 Å². The Hall–Kier alpha value is -1.09. The van der Waals surface area contributed by atoms with Crippen LogP contribution in [0.15, 0.2) is 10.6 Å². The summed E-state index contributed by atoms with van der Waals surface area (Å²) < 4.78 is 0. The lowest BCUT2D eigenvalue weighted by atomic mass is 9.79. The number of aliphatic hydroxyl groups is 1. The highest BCUT2D eigenvalue weighted by Gasteiger charge is 2.60. The highest BCUT2D eigenvalue weighted by molar-refractivity contribution is 8.03.